The first-order valence-electron chi connectivity index (χ1n) is 12.3. The topological polar surface area (TPSA) is 12.9 Å². The second kappa shape index (κ2) is 8.30. The minimum atomic E-state index is -2.45. The highest BCUT2D eigenvalue weighted by Crippen LogP contribution is 2.31. The molecule has 170 valence electrons. The van der Waals surface area contributed by atoms with Crippen molar-refractivity contribution < 1.29 is 0 Å². The summed E-state index contributed by atoms with van der Waals surface area (Å²) in [6, 6.07) is 42.9. The van der Waals surface area contributed by atoms with Crippen molar-refractivity contribution in [2.75, 3.05) is 0 Å². The lowest BCUT2D eigenvalue weighted by Gasteiger charge is -2.31. The Balaban J connectivity index is 1.64. The monoisotopic (exact) mass is 483 g/mol. The summed E-state index contributed by atoms with van der Waals surface area (Å²) >= 11 is 0. The van der Waals surface area contributed by atoms with E-state index in [1.165, 1.54) is 42.6 Å². The number of aromatic nitrogens is 1. The molecule has 1 aromatic heterocycles. The van der Waals surface area contributed by atoms with Crippen LogP contribution in [0, 0.1) is 0 Å². The zero-order chi connectivity index (χ0) is 24.0. The maximum atomic E-state index is 4.93. The first kappa shape index (κ1) is 22.0. The largest absolute Gasteiger partial charge is 0.256 e. The molecule has 0 atom stereocenters. The van der Waals surface area contributed by atoms with Crippen LogP contribution in [0.25, 0.3) is 22.4 Å². The average molecular weight is 484 g/mol. The lowest BCUT2D eigenvalue weighted by molar-refractivity contribution is 1.34. The summed E-state index contributed by atoms with van der Waals surface area (Å²) in [6.07, 6.45) is 2.10. The lowest BCUT2D eigenvalue weighted by atomic mass is 10.0. The molecule has 0 saturated carbocycles. The van der Waals surface area contributed by atoms with Gasteiger partial charge in [0.25, 0.3) is 0 Å². The Morgan fingerprint density at radius 1 is 0.571 bits per heavy atom. The van der Waals surface area contributed by atoms with Crippen LogP contribution in [0.1, 0.15) is 0 Å². The van der Waals surface area contributed by atoms with Gasteiger partial charge in [-0.2, -0.15) is 0 Å². The van der Waals surface area contributed by atoms with Crippen molar-refractivity contribution in [3.05, 3.63) is 121 Å². The van der Waals surface area contributed by atoms with Crippen LogP contribution in [-0.2, 0) is 0 Å². The van der Waals surface area contributed by atoms with Crippen molar-refractivity contribution in [1.82, 2.24) is 4.98 Å². The molecule has 0 bridgehead atoms. The van der Waals surface area contributed by atoms with Gasteiger partial charge in [-0.3, -0.25) is 4.98 Å². The Morgan fingerprint density at radius 2 is 1.17 bits per heavy atom. The second-order valence-electron chi connectivity index (χ2n) is 10.5. The quantitative estimate of drug-likeness (QED) is 0.333. The Hall–Kier alpha value is -3.54. The van der Waals surface area contributed by atoms with E-state index in [1.807, 2.05) is 0 Å². The van der Waals surface area contributed by atoms with Gasteiger partial charge in [-0.25, -0.2) is 0 Å². The van der Waals surface area contributed by atoms with E-state index in [1.54, 1.807) is 0 Å². The van der Waals surface area contributed by atoms with Gasteiger partial charge in [0.05, 0.1) is 13.8 Å². The smallest absolute Gasteiger partial charge is 0.180 e. The molecule has 0 aliphatic carbocycles. The van der Waals surface area contributed by atoms with Crippen molar-refractivity contribution in [3.8, 4) is 22.4 Å². The van der Waals surface area contributed by atoms with Crippen LogP contribution in [0.5, 0.6) is 0 Å². The van der Waals surface area contributed by atoms with E-state index in [0.29, 0.717) is 0 Å². The molecule has 0 fully saturated rings. The number of hydrogen-bond donors (Lipinski definition) is 0. The third-order valence-electron chi connectivity index (χ3n) is 7.38. The number of rotatable bonds is 4. The first-order valence-corrected chi connectivity index (χ1v) is 17.8. The molecule has 1 aliphatic rings. The summed E-state index contributed by atoms with van der Waals surface area (Å²) < 4.78 is 0. The van der Waals surface area contributed by atoms with Crippen LogP contribution < -0.4 is 25.9 Å². The molecule has 0 N–H and O–H groups in total. The highest BCUT2D eigenvalue weighted by molar-refractivity contribution is 7.22. The van der Waals surface area contributed by atoms with Crippen molar-refractivity contribution in [1.29, 1.82) is 0 Å². The van der Waals surface area contributed by atoms with Crippen LogP contribution in [0.3, 0.4) is 0 Å². The van der Waals surface area contributed by atoms with Crippen LogP contribution in [-0.4, -0.2) is 21.1 Å². The minimum absolute atomic E-state index is 1.05. The van der Waals surface area contributed by atoms with E-state index in [4.69, 9.17) is 4.98 Å². The molecule has 5 aromatic rings. The van der Waals surface area contributed by atoms with E-state index in [-0.39, 0.29) is 0 Å². The van der Waals surface area contributed by atoms with Crippen LogP contribution >= 0.6 is 0 Å². The lowest BCUT2D eigenvalue weighted by Crippen LogP contribution is -2.72. The van der Waals surface area contributed by atoms with Gasteiger partial charge in [-0.15, -0.1) is 0 Å². The standard InChI is InChI=1S/C32H29NSi2/c1-34(2,3)27-19-21-30(33-23-27)24-18-20-29-28-16-10-11-17-31(28)35(32(29)22-24,25-12-6-4-7-13-25)26-14-8-5-9-15-26/h4-23H,1-3H3. The SMILES string of the molecule is C[Si](C)(C)c1ccc(-c2ccc3c(c2)[Si](c2ccccc2)(c2ccccc2)c2ccccc2-3)nc1. The van der Waals surface area contributed by atoms with Crippen LogP contribution in [0.15, 0.2) is 121 Å². The Bertz CT molecular complexity index is 1460. The second-order valence-corrected chi connectivity index (χ2v) is 19.3. The van der Waals surface area contributed by atoms with E-state index in [9.17, 15) is 0 Å². The molecule has 0 radical (unpaired) electrons. The number of nitrogens with zero attached hydrogens (tertiary/aromatic N) is 1. The molecule has 4 aromatic carbocycles. The van der Waals surface area contributed by atoms with Gasteiger partial charge in [-0.1, -0.05) is 129 Å². The van der Waals surface area contributed by atoms with Crippen molar-refractivity contribution in [2.45, 2.75) is 19.6 Å². The Kier molecular flexibility index (Phi) is 5.20. The van der Waals surface area contributed by atoms with Gasteiger partial charge >= 0.3 is 0 Å². The van der Waals surface area contributed by atoms with Crippen LogP contribution in [0.4, 0.5) is 0 Å². The predicted molar refractivity (Wildman–Crippen MR) is 155 cm³/mol. The van der Waals surface area contributed by atoms with E-state index in [0.717, 1.165) is 5.69 Å². The molecule has 1 nitrogen and oxygen atoms in total. The normalized spacial score (nSPS) is 13.8. The van der Waals surface area contributed by atoms with E-state index >= 15 is 0 Å². The van der Waals surface area contributed by atoms with Crippen molar-refractivity contribution >= 4 is 42.1 Å². The molecule has 0 amide bonds. The Morgan fingerprint density at radius 3 is 1.77 bits per heavy atom. The molecule has 0 saturated heterocycles. The molecule has 35 heavy (non-hydrogen) atoms. The third-order valence-corrected chi connectivity index (χ3v) is 14.3. The zero-order valence-corrected chi connectivity index (χ0v) is 22.5. The fourth-order valence-electron chi connectivity index (χ4n) is 5.61. The van der Waals surface area contributed by atoms with Crippen molar-refractivity contribution in [3.63, 3.8) is 0 Å². The van der Waals surface area contributed by atoms with E-state index < -0.39 is 16.1 Å². The predicted octanol–water partition coefficient (Wildman–Crippen LogP) is 4.65. The molecule has 1 aliphatic heterocycles. The number of pyridine rings is 1. The molecule has 6 rings (SSSR count). The minimum Gasteiger partial charge on any atom is -0.256 e. The summed E-state index contributed by atoms with van der Waals surface area (Å²) in [7, 11) is -3.84. The summed E-state index contributed by atoms with van der Waals surface area (Å²) in [5, 5.41) is 7.19. The molecular weight excluding hydrogens is 455 g/mol. The summed E-state index contributed by atoms with van der Waals surface area (Å²) in [5.74, 6) is 0. The number of benzene rings is 4. The molecule has 2 heterocycles. The summed E-state index contributed by atoms with van der Waals surface area (Å²) in [6.45, 7) is 7.11. The number of hydrogen-bond acceptors (Lipinski definition) is 1. The molecular formula is C32H29NSi2. The van der Waals surface area contributed by atoms with Crippen LogP contribution in [0.2, 0.25) is 19.6 Å². The molecule has 0 unspecified atom stereocenters. The fourth-order valence-corrected chi connectivity index (χ4v) is 11.9. The van der Waals surface area contributed by atoms with Gasteiger partial charge in [0, 0.05) is 11.8 Å². The highest BCUT2D eigenvalue weighted by atomic mass is 28.3. The van der Waals surface area contributed by atoms with Gasteiger partial charge in [0.15, 0.2) is 8.07 Å². The Labute approximate surface area is 210 Å². The molecule has 3 heteroatoms. The molecule has 0 spiro atoms. The fraction of sp³-hybridized carbons (Fsp3) is 0.0938. The first-order chi connectivity index (χ1) is 17.0. The third kappa shape index (κ3) is 3.46. The van der Waals surface area contributed by atoms with Gasteiger partial charge in [0.1, 0.15) is 0 Å². The van der Waals surface area contributed by atoms with Gasteiger partial charge < -0.3 is 0 Å². The maximum Gasteiger partial charge on any atom is 0.180 e. The number of fused-ring (bicyclic) bond motifs is 3. The summed E-state index contributed by atoms with van der Waals surface area (Å²) in [5.41, 5.74) is 4.98. The van der Waals surface area contributed by atoms with E-state index in [2.05, 4.69) is 141 Å². The highest BCUT2D eigenvalue weighted by Gasteiger charge is 2.48. The summed E-state index contributed by atoms with van der Waals surface area (Å²) in [4.78, 5) is 4.93. The maximum absolute atomic E-state index is 4.93. The van der Waals surface area contributed by atoms with Gasteiger partial charge in [0.2, 0.25) is 0 Å². The average Bonchev–Trinajstić information content (AvgIpc) is 3.20. The van der Waals surface area contributed by atoms with Gasteiger partial charge in [-0.05, 0) is 43.1 Å². The van der Waals surface area contributed by atoms with Crippen molar-refractivity contribution in [2.24, 2.45) is 0 Å². The zero-order valence-electron chi connectivity index (χ0n) is 20.5.